The predicted octanol–water partition coefficient (Wildman–Crippen LogP) is 4.44. The number of hydrogen-bond donors (Lipinski definition) is 2. The third-order valence-corrected chi connectivity index (χ3v) is 5.03. The fourth-order valence-electron chi connectivity index (χ4n) is 2.75. The van der Waals surface area contributed by atoms with Crippen LogP contribution >= 0.6 is 15.9 Å². The number of amides is 2. The molecule has 0 saturated carbocycles. The zero-order valence-corrected chi connectivity index (χ0v) is 19.3. The molecule has 3 aromatic rings. The number of carbonyl (C=O) groups is 2. The van der Waals surface area contributed by atoms with Gasteiger partial charge in [-0.1, -0.05) is 58.4 Å². The van der Waals surface area contributed by atoms with Crippen LogP contribution in [0, 0.1) is 0 Å². The number of halogens is 1. The van der Waals surface area contributed by atoms with E-state index in [0.29, 0.717) is 5.56 Å². The van der Waals surface area contributed by atoms with E-state index in [2.05, 4.69) is 31.8 Å². The molecule has 0 aromatic heterocycles. The van der Waals surface area contributed by atoms with Crippen LogP contribution in [-0.2, 0) is 4.79 Å². The Balaban J connectivity index is 1.80. The summed E-state index contributed by atoms with van der Waals surface area (Å²) in [6.45, 7) is 0. The summed E-state index contributed by atoms with van der Waals surface area (Å²) >= 11 is 3.38. The van der Waals surface area contributed by atoms with Crippen LogP contribution in [0.2, 0.25) is 0 Å². The number of carbonyl (C=O) groups excluding carboxylic acids is 2. The Morgan fingerprint density at radius 1 is 0.875 bits per heavy atom. The normalized spacial score (nSPS) is 11.3. The first-order valence-corrected chi connectivity index (χ1v) is 10.7. The first kappa shape index (κ1) is 23.0. The molecule has 3 rings (SSSR count). The van der Waals surface area contributed by atoms with Gasteiger partial charge in [0, 0.05) is 29.8 Å². The molecule has 32 heavy (non-hydrogen) atoms. The van der Waals surface area contributed by atoms with E-state index in [1.165, 1.54) is 6.21 Å². The highest BCUT2D eigenvalue weighted by Gasteiger charge is 2.14. The summed E-state index contributed by atoms with van der Waals surface area (Å²) in [6, 6.07) is 23.8. The molecular weight excluding hydrogens is 468 g/mol. The smallest absolute Gasteiger partial charge is 0.287 e. The van der Waals surface area contributed by atoms with Crippen LogP contribution in [0.1, 0.15) is 21.5 Å². The maximum atomic E-state index is 12.8. The minimum Gasteiger partial charge on any atom is -0.378 e. The van der Waals surface area contributed by atoms with Crippen LogP contribution in [0.15, 0.2) is 94.1 Å². The highest BCUT2D eigenvalue weighted by Crippen LogP contribution is 2.15. The fraction of sp³-hybridized carbons (Fsp3) is 0.0800. The lowest BCUT2D eigenvalue weighted by molar-refractivity contribution is -0.117. The topological polar surface area (TPSA) is 73.8 Å². The molecule has 0 heterocycles. The third kappa shape index (κ3) is 6.65. The molecule has 2 N–H and O–H groups in total. The molecule has 0 aliphatic carbocycles. The van der Waals surface area contributed by atoms with Crippen LogP contribution in [-0.4, -0.2) is 32.1 Å². The second-order valence-electron chi connectivity index (χ2n) is 7.11. The van der Waals surface area contributed by atoms with Crippen molar-refractivity contribution >= 4 is 45.7 Å². The van der Waals surface area contributed by atoms with Crippen molar-refractivity contribution in [2.24, 2.45) is 5.10 Å². The van der Waals surface area contributed by atoms with Crippen molar-refractivity contribution in [1.29, 1.82) is 0 Å². The van der Waals surface area contributed by atoms with Gasteiger partial charge >= 0.3 is 0 Å². The highest BCUT2D eigenvalue weighted by atomic mass is 79.9. The summed E-state index contributed by atoms with van der Waals surface area (Å²) in [5.41, 5.74) is 5.64. The second kappa shape index (κ2) is 11.1. The van der Waals surface area contributed by atoms with E-state index in [9.17, 15) is 9.59 Å². The Kier molecular flexibility index (Phi) is 7.94. The molecule has 6 nitrogen and oxygen atoms in total. The first-order valence-electron chi connectivity index (χ1n) is 9.87. The van der Waals surface area contributed by atoms with Crippen molar-refractivity contribution < 1.29 is 9.59 Å². The molecule has 2 amide bonds. The van der Waals surface area contributed by atoms with Gasteiger partial charge in [-0.25, -0.2) is 5.43 Å². The number of nitrogens with one attached hydrogen (secondary N) is 2. The Labute approximate surface area is 195 Å². The van der Waals surface area contributed by atoms with Crippen LogP contribution in [0.3, 0.4) is 0 Å². The zero-order chi connectivity index (χ0) is 22.9. The van der Waals surface area contributed by atoms with Gasteiger partial charge in [-0.15, -0.1) is 0 Å². The van der Waals surface area contributed by atoms with Gasteiger partial charge in [0.2, 0.25) is 0 Å². The van der Waals surface area contributed by atoms with Crippen LogP contribution < -0.4 is 15.6 Å². The molecule has 0 radical (unpaired) electrons. The van der Waals surface area contributed by atoms with Gasteiger partial charge in [-0.2, -0.15) is 5.10 Å². The molecule has 0 saturated heterocycles. The van der Waals surface area contributed by atoms with Crippen molar-refractivity contribution in [2.45, 2.75) is 0 Å². The molecule has 0 bridgehead atoms. The zero-order valence-electron chi connectivity index (χ0n) is 17.7. The minimum atomic E-state index is -0.528. The quantitative estimate of drug-likeness (QED) is 0.292. The van der Waals surface area contributed by atoms with Gasteiger partial charge in [-0.05, 0) is 53.6 Å². The molecular formula is C25H23BrN4O2. The van der Waals surface area contributed by atoms with Gasteiger partial charge in [0.05, 0.1) is 6.21 Å². The summed E-state index contributed by atoms with van der Waals surface area (Å²) in [7, 11) is 3.90. The van der Waals surface area contributed by atoms with E-state index in [0.717, 1.165) is 21.3 Å². The molecule has 3 aromatic carbocycles. The molecule has 0 spiro atoms. The lowest BCUT2D eigenvalue weighted by atomic mass is 10.1. The average Bonchev–Trinajstić information content (AvgIpc) is 2.80. The molecule has 0 fully saturated rings. The Bertz CT molecular complexity index is 1120. The predicted molar refractivity (Wildman–Crippen MR) is 133 cm³/mol. The summed E-state index contributed by atoms with van der Waals surface area (Å²) < 4.78 is 0.952. The SMILES string of the molecule is CN(C)c1ccc(/C=C(\NC(=O)c2ccccc2)C(=O)N/N=C\c2ccc(Br)cc2)cc1. The Morgan fingerprint density at radius 3 is 2.12 bits per heavy atom. The average molecular weight is 491 g/mol. The molecule has 0 unspecified atom stereocenters. The van der Waals surface area contributed by atoms with Gasteiger partial charge in [0.15, 0.2) is 0 Å². The maximum Gasteiger partial charge on any atom is 0.287 e. The van der Waals surface area contributed by atoms with Crippen molar-refractivity contribution in [3.8, 4) is 0 Å². The van der Waals surface area contributed by atoms with Crippen LogP contribution in [0.4, 0.5) is 5.69 Å². The number of anilines is 1. The molecule has 0 aliphatic rings. The minimum absolute atomic E-state index is 0.0874. The lowest BCUT2D eigenvalue weighted by Crippen LogP contribution is -2.32. The number of rotatable bonds is 7. The second-order valence-corrected chi connectivity index (χ2v) is 8.03. The largest absolute Gasteiger partial charge is 0.378 e. The maximum absolute atomic E-state index is 12.8. The van der Waals surface area contributed by atoms with Gasteiger partial charge in [0.25, 0.3) is 11.8 Å². The van der Waals surface area contributed by atoms with E-state index in [1.807, 2.05) is 73.6 Å². The van der Waals surface area contributed by atoms with E-state index >= 15 is 0 Å². The van der Waals surface area contributed by atoms with Crippen LogP contribution in [0.5, 0.6) is 0 Å². The van der Waals surface area contributed by atoms with Crippen LogP contribution in [0.25, 0.3) is 6.08 Å². The molecule has 7 heteroatoms. The fourth-order valence-corrected chi connectivity index (χ4v) is 3.02. The lowest BCUT2D eigenvalue weighted by Gasteiger charge is -2.12. The van der Waals surface area contributed by atoms with Gasteiger partial charge in [0.1, 0.15) is 5.70 Å². The molecule has 0 aliphatic heterocycles. The van der Waals surface area contributed by atoms with E-state index < -0.39 is 5.91 Å². The number of benzene rings is 3. The summed E-state index contributed by atoms with van der Waals surface area (Å²) in [5.74, 6) is -0.909. The molecule has 0 atom stereocenters. The van der Waals surface area contributed by atoms with Gasteiger partial charge in [-0.3, -0.25) is 9.59 Å². The van der Waals surface area contributed by atoms with E-state index in [1.54, 1.807) is 30.3 Å². The first-order chi connectivity index (χ1) is 15.4. The number of hydrogen-bond acceptors (Lipinski definition) is 4. The summed E-state index contributed by atoms with van der Waals surface area (Å²) in [4.78, 5) is 27.4. The van der Waals surface area contributed by atoms with Crippen molar-refractivity contribution in [3.63, 3.8) is 0 Å². The summed E-state index contributed by atoms with van der Waals surface area (Å²) in [6.07, 6.45) is 3.15. The Hall–Kier alpha value is -3.71. The van der Waals surface area contributed by atoms with Gasteiger partial charge < -0.3 is 10.2 Å². The highest BCUT2D eigenvalue weighted by molar-refractivity contribution is 9.10. The van der Waals surface area contributed by atoms with Crippen molar-refractivity contribution in [3.05, 3.63) is 106 Å². The van der Waals surface area contributed by atoms with E-state index in [4.69, 9.17) is 0 Å². The third-order valence-electron chi connectivity index (χ3n) is 4.50. The monoisotopic (exact) mass is 490 g/mol. The number of nitrogens with zero attached hydrogens (tertiary/aromatic N) is 2. The van der Waals surface area contributed by atoms with E-state index in [-0.39, 0.29) is 11.6 Å². The molecule has 162 valence electrons. The summed E-state index contributed by atoms with van der Waals surface area (Å²) in [5, 5.41) is 6.71. The number of hydrazone groups is 1. The van der Waals surface area contributed by atoms with Crippen molar-refractivity contribution in [2.75, 3.05) is 19.0 Å². The van der Waals surface area contributed by atoms with Crippen molar-refractivity contribution in [1.82, 2.24) is 10.7 Å². The Morgan fingerprint density at radius 2 is 1.50 bits per heavy atom. The standard InChI is InChI=1S/C25H23BrN4O2/c1-30(2)22-14-10-18(11-15-22)16-23(28-24(31)20-6-4-3-5-7-20)25(32)29-27-17-19-8-12-21(26)13-9-19/h3-17H,1-2H3,(H,28,31)(H,29,32)/b23-16-,27-17-.